The summed E-state index contributed by atoms with van der Waals surface area (Å²) in [6.45, 7) is 0. The molecule has 0 aromatic heterocycles. The van der Waals surface area contributed by atoms with Crippen molar-refractivity contribution in [3.63, 3.8) is 0 Å². The van der Waals surface area contributed by atoms with E-state index in [0.29, 0.717) is 11.7 Å². The first kappa shape index (κ1) is 12.8. The second-order valence-electron chi connectivity index (χ2n) is 3.93. The number of carbonyl (C=O) groups is 1. The molecule has 1 rings (SSSR count). The zero-order valence-corrected chi connectivity index (χ0v) is 9.96. The van der Waals surface area contributed by atoms with Crippen molar-refractivity contribution in [1.29, 1.82) is 0 Å². The monoisotopic (exact) mass is 232 g/mol. The van der Waals surface area contributed by atoms with E-state index < -0.39 is 0 Å². The smallest absolute Gasteiger partial charge is 0.305 e. The SMILES string of the molecule is COC(=O)CCCCC1SCC(N)C1N. The summed E-state index contributed by atoms with van der Waals surface area (Å²) >= 11 is 1.86. The highest BCUT2D eigenvalue weighted by molar-refractivity contribution is 8.00. The molecule has 15 heavy (non-hydrogen) atoms. The zero-order valence-electron chi connectivity index (χ0n) is 9.15. The third-order valence-corrected chi connectivity index (χ3v) is 4.33. The molecule has 4 nitrogen and oxygen atoms in total. The normalized spacial score (nSPS) is 30.5. The lowest BCUT2D eigenvalue weighted by Crippen LogP contribution is -2.43. The first-order valence-electron chi connectivity index (χ1n) is 5.34. The number of methoxy groups -OCH3 is 1. The lowest BCUT2D eigenvalue weighted by atomic mass is 10.0. The largest absolute Gasteiger partial charge is 0.469 e. The number of ether oxygens (including phenoxy) is 1. The molecule has 1 heterocycles. The molecule has 0 saturated carbocycles. The molecule has 1 fully saturated rings. The fraction of sp³-hybridized carbons (Fsp3) is 0.900. The summed E-state index contributed by atoms with van der Waals surface area (Å²) in [5, 5.41) is 0.470. The molecule has 88 valence electrons. The number of hydrogen-bond donors (Lipinski definition) is 2. The summed E-state index contributed by atoms with van der Waals surface area (Å²) in [6, 6.07) is 0.258. The van der Waals surface area contributed by atoms with E-state index in [-0.39, 0.29) is 18.1 Å². The highest BCUT2D eigenvalue weighted by atomic mass is 32.2. The Labute approximate surface area is 95.1 Å². The predicted molar refractivity (Wildman–Crippen MR) is 62.7 cm³/mol. The molecule has 0 radical (unpaired) electrons. The molecule has 1 aliphatic heterocycles. The second kappa shape index (κ2) is 6.35. The number of thioether (sulfide) groups is 1. The number of unbranched alkanes of at least 4 members (excludes halogenated alkanes) is 1. The maximum Gasteiger partial charge on any atom is 0.305 e. The van der Waals surface area contributed by atoms with Gasteiger partial charge in [-0.15, -0.1) is 0 Å². The predicted octanol–water partition coefficient (Wildman–Crippen LogP) is 0.490. The Bertz CT molecular complexity index is 214. The van der Waals surface area contributed by atoms with Crippen molar-refractivity contribution >= 4 is 17.7 Å². The Morgan fingerprint density at radius 1 is 1.47 bits per heavy atom. The molecule has 1 aliphatic rings. The fourth-order valence-corrected chi connectivity index (χ4v) is 3.17. The molecule has 0 aliphatic carbocycles. The van der Waals surface area contributed by atoms with Gasteiger partial charge in [0.2, 0.25) is 0 Å². The van der Waals surface area contributed by atoms with Gasteiger partial charge >= 0.3 is 5.97 Å². The molecule has 1 saturated heterocycles. The van der Waals surface area contributed by atoms with Crippen LogP contribution in [0.5, 0.6) is 0 Å². The molecule has 3 atom stereocenters. The Hall–Kier alpha value is -0.260. The number of carbonyl (C=O) groups excluding carboxylic acids is 1. The quantitative estimate of drug-likeness (QED) is 0.533. The standard InChI is InChI=1S/C10H20N2O2S/c1-14-9(13)5-3-2-4-8-10(12)7(11)6-15-8/h7-8,10H,2-6,11-12H2,1H3. The Morgan fingerprint density at radius 2 is 2.20 bits per heavy atom. The van der Waals surface area contributed by atoms with Gasteiger partial charge in [0.1, 0.15) is 0 Å². The van der Waals surface area contributed by atoms with Gasteiger partial charge in [-0.05, 0) is 12.8 Å². The van der Waals surface area contributed by atoms with Crippen molar-refractivity contribution in [2.24, 2.45) is 11.5 Å². The highest BCUT2D eigenvalue weighted by Crippen LogP contribution is 2.28. The first-order chi connectivity index (χ1) is 7.15. The van der Waals surface area contributed by atoms with E-state index in [4.69, 9.17) is 11.5 Å². The summed E-state index contributed by atoms with van der Waals surface area (Å²) < 4.78 is 4.57. The van der Waals surface area contributed by atoms with E-state index >= 15 is 0 Å². The van der Waals surface area contributed by atoms with E-state index in [1.54, 1.807) is 0 Å². The van der Waals surface area contributed by atoms with Gasteiger partial charge in [-0.3, -0.25) is 4.79 Å². The van der Waals surface area contributed by atoms with E-state index in [1.807, 2.05) is 11.8 Å². The van der Waals surface area contributed by atoms with Gasteiger partial charge in [-0.2, -0.15) is 11.8 Å². The lowest BCUT2D eigenvalue weighted by Gasteiger charge is -2.16. The van der Waals surface area contributed by atoms with Crippen LogP contribution in [-0.2, 0) is 9.53 Å². The summed E-state index contributed by atoms with van der Waals surface area (Å²) in [5.74, 6) is 0.832. The van der Waals surface area contributed by atoms with Crippen molar-refractivity contribution in [2.45, 2.75) is 43.0 Å². The molecule has 0 spiro atoms. The second-order valence-corrected chi connectivity index (χ2v) is 5.21. The van der Waals surface area contributed by atoms with E-state index in [2.05, 4.69) is 4.74 Å². The Kier molecular flexibility index (Phi) is 5.42. The molecule has 0 aromatic rings. The Morgan fingerprint density at radius 3 is 2.73 bits per heavy atom. The molecular formula is C10H20N2O2S. The molecule has 0 aromatic carbocycles. The van der Waals surface area contributed by atoms with Crippen LogP contribution in [0.3, 0.4) is 0 Å². The minimum absolute atomic E-state index is 0.119. The number of hydrogen-bond acceptors (Lipinski definition) is 5. The van der Waals surface area contributed by atoms with Gasteiger partial charge in [-0.25, -0.2) is 0 Å². The maximum atomic E-state index is 10.9. The number of rotatable bonds is 5. The van der Waals surface area contributed by atoms with Gasteiger partial charge in [0, 0.05) is 29.5 Å². The van der Waals surface area contributed by atoms with E-state index in [0.717, 1.165) is 25.0 Å². The topological polar surface area (TPSA) is 78.3 Å². The van der Waals surface area contributed by atoms with Crippen LogP contribution < -0.4 is 11.5 Å². The van der Waals surface area contributed by atoms with Crippen LogP contribution in [0.15, 0.2) is 0 Å². The zero-order chi connectivity index (χ0) is 11.3. The van der Waals surface area contributed by atoms with Crippen LogP contribution in [0.25, 0.3) is 0 Å². The fourth-order valence-electron chi connectivity index (χ4n) is 1.73. The van der Waals surface area contributed by atoms with Crippen LogP contribution in [-0.4, -0.2) is 36.2 Å². The minimum Gasteiger partial charge on any atom is -0.469 e. The molecule has 4 N–H and O–H groups in total. The van der Waals surface area contributed by atoms with Crippen molar-refractivity contribution in [3.05, 3.63) is 0 Å². The Balaban J connectivity index is 2.08. The van der Waals surface area contributed by atoms with Crippen LogP contribution >= 0.6 is 11.8 Å². The van der Waals surface area contributed by atoms with Gasteiger partial charge in [0.15, 0.2) is 0 Å². The van der Waals surface area contributed by atoms with Crippen LogP contribution in [0.4, 0.5) is 0 Å². The van der Waals surface area contributed by atoms with Crippen molar-refractivity contribution in [2.75, 3.05) is 12.9 Å². The van der Waals surface area contributed by atoms with Crippen LogP contribution in [0, 0.1) is 0 Å². The van der Waals surface area contributed by atoms with Gasteiger partial charge < -0.3 is 16.2 Å². The third kappa shape index (κ3) is 4.01. The van der Waals surface area contributed by atoms with Gasteiger partial charge in [0.05, 0.1) is 7.11 Å². The van der Waals surface area contributed by atoms with E-state index in [9.17, 15) is 4.79 Å². The number of esters is 1. The maximum absolute atomic E-state index is 10.9. The van der Waals surface area contributed by atoms with Gasteiger partial charge in [-0.1, -0.05) is 6.42 Å². The van der Waals surface area contributed by atoms with Crippen molar-refractivity contribution in [3.8, 4) is 0 Å². The summed E-state index contributed by atoms with van der Waals surface area (Å²) in [4.78, 5) is 10.9. The molecule has 0 amide bonds. The number of nitrogens with two attached hydrogens (primary N) is 2. The molecule has 0 bridgehead atoms. The van der Waals surface area contributed by atoms with Crippen molar-refractivity contribution < 1.29 is 9.53 Å². The van der Waals surface area contributed by atoms with E-state index in [1.165, 1.54) is 7.11 Å². The van der Waals surface area contributed by atoms with Crippen LogP contribution in [0.2, 0.25) is 0 Å². The summed E-state index contributed by atoms with van der Waals surface area (Å²) in [6.07, 6.45) is 3.46. The highest BCUT2D eigenvalue weighted by Gasteiger charge is 2.30. The summed E-state index contributed by atoms with van der Waals surface area (Å²) in [5.41, 5.74) is 11.8. The molecule has 5 heteroatoms. The molecular weight excluding hydrogens is 212 g/mol. The average molecular weight is 232 g/mol. The van der Waals surface area contributed by atoms with Crippen molar-refractivity contribution in [1.82, 2.24) is 0 Å². The lowest BCUT2D eigenvalue weighted by molar-refractivity contribution is -0.140. The van der Waals surface area contributed by atoms with Crippen LogP contribution in [0.1, 0.15) is 25.7 Å². The molecule has 3 unspecified atom stereocenters. The first-order valence-corrected chi connectivity index (χ1v) is 6.39. The minimum atomic E-state index is -0.130. The summed E-state index contributed by atoms with van der Waals surface area (Å²) in [7, 11) is 1.42. The van der Waals surface area contributed by atoms with Gasteiger partial charge in [0.25, 0.3) is 0 Å². The average Bonchev–Trinajstić information content (AvgIpc) is 2.55. The third-order valence-electron chi connectivity index (χ3n) is 2.77.